The van der Waals surface area contributed by atoms with Gasteiger partial charge < -0.3 is 14.7 Å². The maximum Gasteiger partial charge on any atom is 0.294 e. The largest absolute Gasteiger partial charge is 0.449 e. The molecule has 2 N–H and O–H groups in total. The quantitative estimate of drug-likeness (QED) is 0.559. The van der Waals surface area contributed by atoms with E-state index in [2.05, 4.69) is 15.3 Å². The Morgan fingerprint density at radius 3 is 2.71 bits per heavy atom. The lowest BCUT2D eigenvalue weighted by Gasteiger charge is -2.15. The van der Waals surface area contributed by atoms with Gasteiger partial charge in [0, 0.05) is 11.1 Å². The molecule has 0 aliphatic heterocycles. The van der Waals surface area contributed by atoms with E-state index in [1.807, 2.05) is 49.4 Å². The topological polar surface area (TPSA) is 91.2 Å². The Kier molecular flexibility index (Phi) is 4.67. The van der Waals surface area contributed by atoms with E-state index in [9.17, 15) is 9.59 Å². The van der Waals surface area contributed by atoms with Crippen molar-refractivity contribution in [3.63, 3.8) is 0 Å². The maximum absolute atomic E-state index is 12.4. The lowest BCUT2D eigenvalue weighted by molar-refractivity contribution is -0.117. The number of rotatable bonds is 5. The second-order valence-corrected chi connectivity index (χ2v) is 6.88. The van der Waals surface area contributed by atoms with Crippen LogP contribution in [0.25, 0.3) is 22.1 Å². The molecule has 1 amide bonds. The van der Waals surface area contributed by atoms with E-state index < -0.39 is 0 Å². The lowest BCUT2D eigenvalue weighted by atomic mass is 10.2. The first kappa shape index (κ1) is 17.9. The highest BCUT2D eigenvalue weighted by Crippen LogP contribution is 2.24. The van der Waals surface area contributed by atoms with Gasteiger partial charge in [-0.3, -0.25) is 14.5 Å². The zero-order valence-corrected chi connectivity index (χ0v) is 15.7. The Bertz CT molecular complexity index is 1210. The van der Waals surface area contributed by atoms with Crippen LogP contribution >= 0.6 is 0 Å². The molecule has 4 aromatic rings. The van der Waals surface area contributed by atoms with Gasteiger partial charge in [0.05, 0.1) is 13.1 Å². The van der Waals surface area contributed by atoms with Crippen LogP contribution in [-0.2, 0) is 11.3 Å². The third kappa shape index (κ3) is 3.65. The number of nitrogens with zero attached hydrogens (tertiary/aromatic N) is 2. The van der Waals surface area contributed by atoms with Gasteiger partial charge in [-0.15, -0.1) is 0 Å². The molecule has 4 rings (SSSR count). The molecule has 7 nitrogen and oxygen atoms in total. The van der Waals surface area contributed by atoms with Crippen molar-refractivity contribution in [2.45, 2.75) is 13.5 Å². The summed E-state index contributed by atoms with van der Waals surface area (Å²) in [5.41, 5.74) is 2.93. The fourth-order valence-electron chi connectivity index (χ4n) is 3.12. The summed E-state index contributed by atoms with van der Waals surface area (Å²) in [6.45, 7) is 2.49. The molecule has 142 valence electrons. The van der Waals surface area contributed by atoms with Gasteiger partial charge in [0.1, 0.15) is 16.9 Å². The number of para-hydroxylation sites is 1. The number of H-pyrrole nitrogens is 1. The molecule has 0 fully saturated rings. The highest BCUT2D eigenvalue weighted by atomic mass is 16.3. The van der Waals surface area contributed by atoms with Crippen LogP contribution in [0.4, 0.5) is 5.69 Å². The van der Waals surface area contributed by atoms with Gasteiger partial charge in [0.2, 0.25) is 11.5 Å². The van der Waals surface area contributed by atoms with Crippen molar-refractivity contribution in [2.75, 3.05) is 18.9 Å². The summed E-state index contributed by atoms with van der Waals surface area (Å²) in [7, 11) is 1.80. The molecule has 2 aromatic heterocycles. The molecular formula is C21H20N4O3. The fourth-order valence-corrected chi connectivity index (χ4v) is 3.12. The van der Waals surface area contributed by atoms with Crippen molar-refractivity contribution in [1.82, 2.24) is 14.9 Å². The van der Waals surface area contributed by atoms with Crippen molar-refractivity contribution in [1.29, 1.82) is 0 Å². The number of aryl methyl sites for hydroxylation is 1. The molecule has 0 saturated heterocycles. The van der Waals surface area contributed by atoms with Crippen molar-refractivity contribution in [2.24, 2.45) is 0 Å². The molecule has 0 unspecified atom stereocenters. The number of amides is 1. The number of hydrogen-bond donors (Lipinski definition) is 2. The summed E-state index contributed by atoms with van der Waals surface area (Å²) in [4.78, 5) is 33.7. The van der Waals surface area contributed by atoms with Gasteiger partial charge >= 0.3 is 0 Å². The second-order valence-electron chi connectivity index (χ2n) is 6.88. The predicted molar refractivity (Wildman–Crippen MR) is 108 cm³/mol. The van der Waals surface area contributed by atoms with E-state index in [0.717, 1.165) is 16.6 Å². The number of hydrogen-bond acceptors (Lipinski definition) is 5. The molecule has 28 heavy (non-hydrogen) atoms. The van der Waals surface area contributed by atoms with E-state index >= 15 is 0 Å². The molecule has 0 saturated carbocycles. The van der Waals surface area contributed by atoms with Gasteiger partial charge in [0.25, 0.3) is 5.56 Å². The molecule has 2 heterocycles. The summed E-state index contributed by atoms with van der Waals surface area (Å²) in [6.07, 6.45) is 0. The normalized spacial score (nSPS) is 11.4. The minimum absolute atomic E-state index is 0.136. The molecule has 0 atom stereocenters. The molecule has 0 bridgehead atoms. The summed E-state index contributed by atoms with van der Waals surface area (Å²) in [5.74, 6) is 0.346. The number of fused-ring (bicyclic) bond motifs is 3. The van der Waals surface area contributed by atoms with E-state index in [-0.39, 0.29) is 23.6 Å². The zero-order valence-electron chi connectivity index (χ0n) is 15.7. The molecule has 0 spiro atoms. The Labute approximate surface area is 161 Å². The minimum Gasteiger partial charge on any atom is -0.449 e. The van der Waals surface area contributed by atoms with E-state index in [4.69, 9.17) is 4.42 Å². The Balaban J connectivity index is 1.49. The number of aromatic amines is 1. The lowest BCUT2D eigenvalue weighted by Crippen LogP contribution is -2.31. The van der Waals surface area contributed by atoms with Crippen LogP contribution in [0.2, 0.25) is 0 Å². The van der Waals surface area contributed by atoms with Gasteiger partial charge in [-0.25, -0.2) is 4.98 Å². The summed E-state index contributed by atoms with van der Waals surface area (Å²) in [6, 6.07) is 15.0. The number of nitrogens with one attached hydrogen (secondary N) is 2. The number of benzene rings is 2. The van der Waals surface area contributed by atoms with Crippen molar-refractivity contribution >= 4 is 33.7 Å². The zero-order chi connectivity index (χ0) is 19.7. The van der Waals surface area contributed by atoms with Gasteiger partial charge in [-0.1, -0.05) is 29.8 Å². The van der Waals surface area contributed by atoms with Crippen LogP contribution in [-0.4, -0.2) is 34.4 Å². The highest BCUT2D eigenvalue weighted by Gasteiger charge is 2.14. The number of carbonyl (C=O) groups excluding carboxylic acids is 1. The summed E-state index contributed by atoms with van der Waals surface area (Å²) in [5, 5.41) is 3.65. The minimum atomic E-state index is -0.325. The first-order valence-electron chi connectivity index (χ1n) is 8.95. The third-order valence-electron chi connectivity index (χ3n) is 4.45. The average molecular weight is 376 g/mol. The predicted octanol–water partition coefficient (Wildman–Crippen LogP) is 3.05. The van der Waals surface area contributed by atoms with Gasteiger partial charge in [-0.05, 0) is 38.2 Å². The molecule has 0 radical (unpaired) electrons. The monoisotopic (exact) mass is 376 g/mol. The van der Waals surface area contributed by atoms with Crippen LogP contribution in [0.3, 0.4) is 0 Å². The molecule has 0 aliphatic rings. The van der Waals surface area contributed by atoms with Crippen LogP contribution in [0, 0.1) is 6.92 Å². The van der Waals surface area contributed by atoms with Crippen LogP contribution < -0.4 is 10.9 Å². The smallest absolute Gasteiger partial charge is 0.294 e. The first-order valence-corrected chi connectivity index (χ1v) is 8.95. The first-order chi connectivity index (χ1) is 13.5. The van der Waals surface area contributed by atoms with Crippen LogP contribution in [0.1, 0.15) is 11.4 Å². The van der Waals surface area contributed by atoms with Gasteiger partial charge in [0.15, 0.2) is 0 Å². The second kappa shape index (κ2) is 7.28. The summed E-state index contributed by atoms with van der Waals surface area (Å²) < 4.78 is 5.60. The number of furan rings is 1. The average Bonchev–Trinajstić information content (AvgIpc) is 3.03. The fraction of sp³-hybridized carbons (Fsp3) is 0.190. The maximum atomic E-state index is 12.4. The van der Waals surface area contributed by atoms with Crippen LogP contribution in [0.5, 0.6) is 0 Å². The molecule has 7 heteroatoms. The SMILES string of the molecule is Cc1ccc(NC(=O)CN(C)Cc2nc3c(oc4ccccc43)c(=O)[nH]2)cc1. The molecule has 0 aliphatic carbocycles. The van der Waals surface area contributed by atoms with Crippen molar-refractivity contribution < 1.29 is 9.21 Å². The van der Waals surface area contributed by atoms with E-state index in [1.54, 1.807) is 18.0 Å². The van der Waals surface area contributed by atoms with Gasteiger partial charge in [-0.2, -0.15) is 0 Å². The van der Waals surface area contributed by atoms with E-state index in [1.165, 1.54) is 0 Å². The van der Waals surface area contributed by atoms with Crippen LogP contribution in [0.15, 0.2) is 57.7 Å². The summed E-state index contributed by atoms with van der Waals surface area (Å²) >= 11 is 0. The highest BCUT2D eigenvalue weighted by molar-refractivity contribution is 6.01. The van der Waals surface area contributed by atoms with Crippen molar-refractivity contribution in [3.8, 4) is 0 Å². The number of aromatic nitrogens is 2. The Morgan fingerprint density at radius 2 is 1.93 bits per heavy atom. The number of anilines is 1. The Hall–Kier alpha value is -3.45. The molecular weight excluding hydrogens is 356 g/mol. The van der Waals surface area contributed by atoms with Crippen molar-refractivity contribution in [3.05, 3.63) is 70.3 Å². The van der Waals surface area contributed by atoms with E-state index in [0.29, 0.717) is 23.5 Å². The standard InChI is InChI=1S/C21H20N4O3/c1-13-7-9-14(10-8-13)22-18(26)12-25(2)11-17-23-19-15-5-3-4-6-16(15)28-20(19)21(27)24-17/h3-10H,11-12H2,1-2H3,(H,22,26)(H,23,24,27). The Morgan fingerprint density at radius 1 is 1.18 bits per heavy atom. The number of carbonyl (C=O) groups is 1. The third-order valence-corrected chi connectivity index (χ3v) is 4.45. The molecule has 2 aromatic carbocycles. The number of likely N-dealkylation sites (N-methyl/N-ethyl adjacent to an activating group) is 1.